The lowest BCUT2D eigenvalue weighted by molar-refractivity contribution is 0.0941. The van der Waals surface area contributed by atoms with Crippen LogP contribution in [0.3, 0.4) is 0 Å². The second-order valence-corrected chi connectivity index (χ2v) is 5.42. The molecule has 2 N–H and O–H groups in total. The van der Waals surface area contributed by atoms with Crippen LogP contribution in [0, 0.1) is 0 Å². The number of thioether (sulfide) groups is 1. The van der Waals surface area contributed by atoms with Crippen LogP contribution in [0.4, 0.5) is 0 Å². The molecule has 4 heteroatoms. The molecule has 100 valence electrons. The van der Waals surface area contributed by atoms with Crippen molar-refractivity contribution >= 4 is 28.4 Å². The zero-order valence-corrected chi connectivity index (χ0v) is 11.8. The first-order chi connectivity index (χ1) is 9.13. The fourth-order valence-corrected chi connectivity index (χ4v) is 2.61. The summed E-state index contributed by atoms with van der Waals surface area (Å²) >= 11 is 1.68. The Morgan fingerprint density at radius 3 is 2.79 bits per heavy atom. The van der Waals surface area contributed by atoms with E-state index < -0.39 is 0 Å². The third kappa shape index (κ3) is 3.01. The lowest BCUT2D eigenvalue weighted by atomic mass is 10.0. The molecule has 0 saturated heterocycles. The molecule has 2 rings (SSSR count). The molecule has 0 saturated carbocycles. The fraction of sp³-hybridized carbons (Fsp3) is 0.267. The monoisotopic (exact) mass is 275 g/mol. The molecule has 3 nitrogen and oxygen atoms in total. The molecule has 0 radical (unpaired) electrons. The van der Waals surface area contributed by atoms with Crippen LogP contribution in [0.25, 0.3) is 10.8 Å². The van der Waals surface area contributed by atoms with Crippen LogP contribution in [-0.2, 0) is 0 Å². The highest BCUT2D eigenvalue weighted by molar-refractivity contribution is 7.98. The summed E-state index contributed by atoms with van der Waals surface area (Å²) in [6.45, 7) is 1.95. The number of rotatable bonds is 4. The molecule has 0 bridgehead atoms. The number of hydrogen-bond donors (Lipinski definition) is 2. The molecule has 0 fully saturated rings. The Balaban J connectivity index is 2.30. The molecule has 1 amide bonds. The Morgan fingerprint density at radius 2 is 2.05 bits per heavy atom. The number of carbonyl (C=O) groups is 1. The minimum absolute atomic E-state index is 0.0481. The van der Waals surface area contributed by atoms with E-state index in [1.165, 1.54) is 0 Å². The van der Waals surface area contributed by atoms with Crippen molar-refractivity contribution in [2.24, 2.45) is 0 Å². The zero-order chi connectivity index (χ0) is 13.8. The van der Waals surface area contributed by atoms with Crippen molar-refractivity contribution in [3.8, 4) is 5.75 Å². The van der Waals surface area contributed by atoms with Gasteiger partial charge in [-0.2, -0.15) is 11.8 Å². The number of hydrogen-bond acceptors (Lipinski definition) is 3. The highest BCUT2D eigenvalue weighted by Crippen LogP contribution is 2.28. The number of phenolic OH excluding ortho intramolecular Hbond substituents is 1. The van der Waals surface area contributed by atoms with Crippen LogP contribution in [0.5, 0.6) is 5.75 Å². The highest BCUT2D eigenvalue weighted by Gasteiger charge is 2.15. The minimum atomic E-state index is -0.232. The standard InChI is InChI=1S/C15H17NO2S/c1-10(9-19-2)16-15(18)13-8-7-11-5-3-4-6-12(11)14(13)17/h3-8,10,17H,9H2,1-2H3,(H,16,18). The first kappa shape index (κ1) is 13.7. The summed E-state index contributed by atoms with van der Waals surface area (Å²) in [5, 5.41) is 14.7. The Hall–Kier alpha value is -1.68. The van der Waals surface area contributed by atoms with Crippen molar-refractivity contribution in [1.82, 2.24) is 5.32 Å². The SMILES string of the molecule is CSCC(C)NC(=O)c1ccc2ccccc2c1O. The summed E-state index contributed by atoms with van der Waals surface area (Å²) < 4.78 is 0. The maximum absolute atomic E-state index is 12.1. The second kappa shape index (κ2) is 5.97. The highest BCUT2D eigenvalue weighted by atomic mass is 32.2. The van der Waals surface area contributed by atoms with Gasteiger partial charge < -0.3 is 10.4 Å². The van der Waals surface area contributed by atoms with Crippen molar-refractivity contribution in [2.75, 3.05) is 12.0 Å². The van der Waals surface area contributed by atoms with Gasteiger partial charge >= 0.3 is 0 Å². The number of nitrogens with one attached hydrogen (secondary N) is 1. The Kier molecular flexibility index (Phi) is 4.32. The van der Waals surface area contributed by atoms with E-state index in [1.807, 2.05) is 43.5 Å². The molecule has 1 unspecified atom stereocenters. The largest absolute Gasteiger partial charge is 0.506 e. The predicted molar refractivity (Wildman–Crippen MR) is 80.9 cm³/mol. The summed E-state index contributed by atoms with van der Waals surface area (Å²) in [7, 11) is 0. The summed E-state index contributed by atoms with van der Waals surface area (Å²) in [5.41, 5.74) is 0.326. The van der Waals surface area contributed by atoms with Crippen LogP contribution in [0.1, 0.15) is 17.3 Å². The van der Waals surface area contributed by atoms with Gasteiger partial charge in [-0.1, -0.05) is 30.3 Å². The van der Waals surface area contributed by atoms with Gasteiger partial charge in [-0.25, -0.2) is 0 Å². The maximum atomic E-state index is 12.1. The third-order valence-electron chi connectivity index (χ3n) is 2.94. The number of benzene rings is 2. The van der Waals surface area contributed by atoms with Gasteiger partial charge in [-0.15, -0.1) is 0 Å². The topological polar surface area (TPSA) is 49.3 Å². The normalized spacial score (nSPS) is 12.3. The smallest absolute Gasteiger partial charge is 0.255 e. The Morgan fingerprint density at radius 1 is 1.32 bits per heavy atom. The van der Waals surface area contributed by atoms with Crippen molar-refractivity contribution in [3.05, 3.63) is 42.0 Å². The molecular formula is C15H17NO2S. The van der Waals surface area contributed by atoms with Crippen LogP contribution in [0.2, 0.25) is 0 Å². The Bertz CT molecular complexity index is 598. The van der Waals surface area contributed by atoms with Gasteiger partial charge in [0.05, 0.1) is 5.56 Å². The number of phenols is 1. The first-order valence-electron chi connectivity index (χ1n) is 6.14. The van der Waals surface area contributed by atoms with Gasteiger partial charge in [0.15, 0.2) is 0 Å². The number of amides is 1. The molecule has 19 heavy (non-hydrogen) atoms. The zero-order valence-electron chi connectivity index (χ0n) is 11.0. The van der Waals surface area contributed by atoms with E-state index in [0.717, 1.165) is 11.1 Å². The number of carbonyl (C=O) groups excluding carboxylic acids is 1. The van der Waals surface area contributed by atoms with Crippen molar-refractivity contribution in [2.45, 2.75) is 13.0 Å². The average molecular weight is 275 g/mol. The predicted octanol–water partition coefficient (Wildman–Crippen LogP) is 3.03. The van der Waals surface area contributed by atoms with Gasteiger partial charge in [0.2, 0.25) is 0 Å². The lowest BCUT2D eigenvalue weighted by Gasteiger charge is -2.14. The molecule has 2 aromatic rings. The molecule has 0 heterocycles. The molecule has 1 atom stereocenters. The summed E-state index contributed by atoms with van der Waals surface area (Å²) in [4.78, 5) is 12.1. The van der Waals surface area contributed by atoms with E-state index in [-0.39, 0.29) is 17.7 Å². The third-order valence-corrected chi connectivity index (χ3v) is 3.77. The summed E-state index contributed by atoms with van der Waals surface area (Å²) in [6, 6.07) is 11.1. The molecule has 0 aliphatic carbocycles. The lowest BCUT2D eigenvalue weighted by Crippen LogP contribution is -2.34. The first-order valence-corrected chi connectivity index (χ1v) is 7.53. The molecular weight excluding hydrogens is 258 g/mol. The van der Waals surface area contributed by atoms with E-state index >= 15 is 0 Å². The molecule has 0 spiro atoms. The molecule has 0 aliphatic heterocycles. The number of aromatic hydroxyl groups is 1. The van der Waals surface area contributed by atoms with E-state index in [0.29, 0.717) is 10.9 Å². The molecule has 2 aromatic carbocycles. The Labute approximate surface area is 117 Å². The number of fused-ring (bicyclic) bond motifs is 1. The summed E-state index contributed by atoms with van der Waals surface area (Å²) in [6.07, 6.45) is 2.00. The van der Waals surface area contributed by atoms with Gasteiger partial charge in [-0.05, 0) is 24.6 Å². The van der Waals surface area contributed by atoms with E-state index in [1.54, 1.807) is 17.8 Å². The van der Waals surface area contributed by atoms with Crippen molar-refractivity contribution < 1.29 is 9.90 Å². The van der Waals surface area contributed by atoms with Crippen molar-refractivity contribution in [3.63, 3.8) is 0 Å². The van der Waals surface area contributed by atoms with Crippen LogP contribution in [0.15, 0.2) is 36.4 Å². The van der Waals surface area contributed by atoms with Crippen molar-refractivity contribution in [1.29, 1.82) is 0 Å². The van der Waals surface area contributed by atoms with Gasteiger partial charge in [0.25, 0.3) is 5.91 Å². The second-order valence-electron chi connectivity index (χ2n) is 4.51. The molecule has 0 aromatic heterocycles. The van der Waals surface area contributed by atoms with Gasteiger partial charge in [0, 0.05) is 17.2 Å². The van der Waals surface area contributed by atoms with E-state index in [2.05, 4.69) is 5.32 Å². The quantitative estimate of drug-likeness (QED) is 0.901. The van der Waals surface area contributed by atoms with Crippen LogP contribution < -0.4 is 5.32 Å². The fourth-order valence-electron chi connectivity index (χ4n) is 2.03. The minimum Gasteiger partial charge on any atom is -0.506 e. The van der Waals surface area contributed by atoms with Gasteiger partial charge in [-0.3, -0.25) is 4.79 Å². The van der Waals surface area contributed by atoms with E-state index in [9.17, 15) is 9.90 Å². The molecule has 0 aliphatic rings. The van der Waals surface area contributed by atoms with Crippen LogP contribution >= 0.6 is 11.8 Å². The summed E-state index contributed by atoms with van der Waals surface area (Å²) in [5.74, 6) is 0.664. The van der Waals surface area contributed by atoms with E-state index in [4.69, 9.17) is 0 Å². The van der Waals surface area contributed by atoms with Gasteiger partial charge in [0.1, 0.15) is 5.75 Å². The van der Waals surface area contributed by atoms with Crippen LogP contribution in [-0.4, -0.2) is 29.1 Å². The maximum Gasteiger partial charge on any atom is 0.255 e. The average Bonchev–Trinajstić information content (AvgIpc) is 2.39.